The molecule has 0 heterocycles. The van der Waals surface area contributed by atoms with Gasteiger partial charge in [0.1, 0.15) is 17.3 Å². The summed E-state index contributed by atoms with van der Waals surface area (Å²) in [6.07, 6.45) is 0. The van der Waals surface area contributed by atoms with Crippen LogP contribution in [0.25, 0.3) is 0 Å². The maximum atomic E-state index is 13.8. The minimum atomic E-state index is -4.00. The molecule has 0 atom stereocenters. The molecule has 0 aliphatic rings. The second kappa shape index (κ2) is 8.23. The molecule has 3 rings (SSSR count). The highest BCUT2D eigenvalue weighted by atomic mass is 32.2. The lowest BCUT2D eigenvalue weighted by Gasteiger charge is -2.13. The van der Waals surface area contributed by atoms with E-state index in [-0.39, 0.29) is 10.5 Å². The van der Waals surface area contributed by atoms with Crippen LogP contribution in [0.4, 0.5) is 20.2 Å². The fraction of sp³-hybridized carbons (Fsp3) is 0.136. The summed E-state index contributed by atoms with van der Waals surface area (Å²) < 4.78 is 55.9. The van der Waals surface area contributed by atoms with Gasteiger partial charge in [0, 0.05) is 11.3 Å². The monoisotopic (exact) mass is 430 g/mol. The number of sulfonamides is 1. The standard InChI is InChI=1S/C22H20F2N2O3S/c1-13-8-10-17(11-15(13)3)26-30(28,29)20-12-16(9-7-14(20)2)22(27)25-21-18(23)5-4-6-19(21)24/h4-12,26H,1-3H3,(H,25,27). The first-order valence-corrected chi connectivity index (χ1v) is 10.5. The highest BCUT2D eigenvalue weighted by Crippen LogP contribution is 2.24. The Morgan fingerprint density at radius 3 is 2.10 bits per heavy atom. The van der Waals surface area contributed by atoms with Crippen LogP contribution in [-0.2, 0) is 10.0 Å². The van der Waals surface area contributed by atoms with Crippen molar-refractivity contribution in [2.24, 2.45) is 0 Å². The number of amides is 1. The summed E-state index contributed by atoms with van der Waals surface area (Å²) in [7, 11) is -4.00. The van der Waals surface area contributed by atoms with Gasteiger partial charge >= 0.3 is 0 Å². The zero-order chi connectivity index (χ0) is 22.1. The SMILES string of the molecule is Cc1ccc(NS(=O)(=O)c2cc(C(=O)Nc3c(F)cccc3F)ccc2C)cc1C. The smallest absolute Gasteiger partial charge is 0.262 e. The van der Waals surface area contributed by atoms with E-state index in [1.807, 2.05) is 13.8 Å². The fourth-order valence-corrected chi connectivity index (χ4v) is 4.17. The molecule has 0 fully saturated rings. The van der Waals surface area contributed by atoms with E-state index in [2.05, 4.69) is 10.0 Å². The van der Waals surface area contributed by atoms with E-state index in [1.165, 1.54) is 24.3 Å². The van der Waals surface area contributed by atoms with Crippen LogP contribution in [0.2, 0.25) is 0 Å². The first-order valence-electron chi connectivity index (χ1n) is 9.04. The van der Waals surface area contributed by atoms with Crippen LogP contribution in [0.3, 0.4) is 0 Å². The second-order valence-corrected chi connectivity index (χ2v) is 8.59. The molecule has 3 aromatic carbocycles. The number of benzene rings is 3. The Hall–Kier alpha value is -3.26. The van der Waals surface area contributed by atoms with Crippen molar-refractivity contribution in [1.29, 1.82) is 0 Å². The predicted molar refractivity (Wildman–Crippen MR) is 112 cm³/mol. The van der Waals surface area contributed by atoms with Crippen molar-refractivity contribution in [2.75, 3.05) is 10.0 Å². The third-order valence-electron chi connectivity index (χ3n) is 4.70. The van der Waals surface area contributed by atoms with Crippen LogP contribution in [0.1, 0.15) is 27.0 Å². The summed E-state index contributed by atoms with van der Waals surface area (Å²) >= 11 is 0. The van der Waals surface area contributed by atoms with E-state index in [4.69, 9.17) is 0 Å². The molecule has 0 bridgehead atoms. The number of halogens is 2. The number of hydrogen-bond acceptors (Lipinski definition) is 3. The molecule has 0 radical (unpaired) electrons. The van der Waals surface area contributed by atoms with Gasteiger partial charge in [-0.05, 0) is 73.9 Å². The first kappa shape index (κ1) is 21.4. The molecule has 0 saturated carbocycles. The normalized spacial score (nSPS) is 11.2. The number of nitrogens with one attached hydrogen (secondary N) is 2. The zero-order valence-corrected chi connectivity index (χ0v) is 17.4. The molecule has 5 nitrogen and oxygen atoms in total. The number of carbonyl (C=O) groups excluding carboxylic acids is 1. The van der Waals surface area contributed by atoms with Crippen molar-refractivity contribution in [3.8, 4) is 0 Å². The van der Waals surface area contributed by atoms with E-state index in [0.29, 0.717) is 11.3 Å². The number of anilines is 2. The van der Waals surface area contributed by atoms with Crippen molar-refractivity contribution in [3.05, 3.63) is 88.5 Å². The van der Waals surface area contributed by atoms with Gasteiger partial charge in [-0.3, -0.25) is 9.52 Å². The van der Waals surface area contributed by atoms with E-state index < -0.39 is 33.3 Å². The largest absolute Gasteiger partial charge is 0.317 e. The maximum absolute atomic E-state index is 13.8. The van der Waals surface area contributed by atoms with E-state index in [0.717, 1.165) is 23.3 Å². The van der Waals surface area contributed by atoms with Gasteiger partial charge in [0.25, 0.3) is 15.9 Å². The molecule has 0 aliphatic heterocycles. The third-order valence-corrected chi connectivity index (χ3v) is 6.22. The van der Waals surface area contributed by atoms with Crippen LogP contribution < -0.4 is 10.0 Å². The van der Waals surface area contributed by atoms with Crippen LogP contribution >= 0.6 is 0 Å². The van der Waals surface area contributed by atoms with Gasteiger partial charge < -0.3 is 5.32 Å². The van der Waals surface area contributed by atoms with Crippen molar-refractivity contribution in [3.63, 3.8) is 0 Å². The lowest BCUT2D eigenvalue weighted by Crippen LogP contribution is -2.18. The van der Waals surface area contributed by atoms with Crippen LogP contribution in [0.15, 0.2) is 59.5 Å². The Kier molecular flexibility index (Phi) is 5.89. The van der Waals surface area contributed by atoms with E-state index in [1.54, 1.807) is 25.1 Å². The lowest BCUT2D eigenvalue weighted by molar-refractivity contribution is 0.102. The molecule has 0 unspecified atom stereocenters. The Morgan fingerprint density at radius 2 is 1.47 bits per heavy atom. The third kappa shape index (κ3) is 4.49. The first-order chi connectivity index (χ1) is 14.1. The summed E-state index contributed by atoms with van der Waals surface area (Å²) in [5.74, 6) is -2.69. The molecule has 30 heavy (non-hydrogen) atoms. The Morgan fingerprint density at radius 1 is 0.833 bits per heavy atom. The Bertz CT molecular complexity index is 1220. The summed E-state index contributed by atoms with van der Waals surface area (Å²) in [6.45, 7) is 5.37. The number of carbonyl (C=O) groups is 1. The van der Waals surface area contributed by atoms with Crippen molar-refractivity contribution < 1.29 is 22.0 Å². The van der Waals surface area contributed by atoms with Crippen molar-refractivity contribution in [1.82, 2.24) is 0 Å². The minimum absolute atomic E-state index is 0.0521. The minimum Gasteiger partial charge on any atom is -0.317 e. The average molecular weight is 430 g/mol. The van der Waals surface area contributed by atoms with Gasteiger partial charge in [0.05, 0.1) is 4.90 Å². The molecule has 156 valence electrons. The Balaban J connectivity index is 1.92. The predicted octanol–water partition coefficient (Wildman–Crippen LogP) is 4.94. The average Bonchev–Trinajstić information content (AvgIpc) is 2.67. The van der Waals surface area contributed by atoms with Gasteiger partial charge in [0.15, 0.2) is 0 Å². The Labute approximate surface area is 173 Å². The van der Waals surface area contributed by atoms with E-state index in [9.17, 15) is 22.0 Å². The van der Waals surface area contributed by atoms with Crippen molar-refractivity contribution >= 4 is 27.3 Å². The molecule has 0 aromatic heterocycles. The number of aryl methyl sites for hydroxylation is 3. The molecule has 3 aromatic rings. The summed E-state index contributed by atoms with van der Waals surface area (Å²) in [6, 6.07) is 12.4. The van der Waals surface area contributed by atoms with Gasteiger partial charge in [-0.2, -0.15) is 0 Å². The molecular formula is C22H20F2N2O3S. The summed E-state index contributed by atoms with van der Waals surface area (Å²) in [5.41, 5.74) is 2.10. The molecule has 8 heteroatoms. The summed E-state index contributed by atoms with van der Waals surface area (Å²) in [5, 5.41) is 2.15. The molecule has 1 amide bonds. The highest BCUT2D eigenvalue weighted by molar-refractivity contribution is 7.92. The van der Waals surface area contributed by atoms with Crippen LogP contribution in [0, 0.1) is 32.4 Å². The topological polar surface area (TPSA) is 75.3 Å². The van der Waals surface area contributed by atoms with Gasteiger partial charge in [-0.1, -0.05) is 18.2 Å². The number of para-hydroxylation sites is 1. The second-order valence-electron chi connectivity index (χ2n) is 6.94. The zero-order valence-electron chi connectivity index (χ0n) is 16.6. The maximum Gasteiger partial charge on any atom is 0.262 e. The lowest BCUT2D eigenvalue weighted by atomic mass is 10.1. The van der Waals surface area contributed by atoms with Gasteiger partial charge in [-0.25, -0.2) is 17.2 Å². The fourth-order valence-electron chi connectivity index (χ4n) is 2.85. The quantitative estimate of drug-likeness (QED) is 0.602. The highest BCUT2D eigenvalue weighted by Gasteiger charge is 2.21. The number of rotatable bonds is 5. The summed E-state index contributed by atoms with van der Waals surface area (Å²) in [4.78, 5) is 12.4. The van der Waals surface area contributed by atoms with Crippen LogP contribution in [-0.4, -0.2) is 14.3 Å². The molecule has 0 saturated heterocycles. The van der Waals surface area contributed by atoms with Gasteiger partial charge in [0.2, 0.25) is 0 Å². The molecule has 2 N–H and O–H groups in total. The van der Waals surface area contributed by atoms with Gasteiger partial charge in [-0.15, -0.1) is 0 Å². The molecule has 0 spiro atoms. The molecule has 0 aliphatic carbocycles. The van der Waals surface area contributed by atoms with Crippen LogP contribution in [0.5, 0.6) is 0 Å². The van der Waals surface area contributed by atoms with Crippen molar-refractivity contribution in [2.45, 2.75) is 25.7 Å². The molecular weight excluding hydrogens is 410 g/mol. The number of hydrogen-bond donors (Lipinski definition) is 2. The van der Waals surface area contributed by atoms with E-state index >= 15 is 0 Å².